The first kappa shape index (κ1) is 5.70. The highest BCUT2D eigenvalue weighted by atomic mass is 16.4. The van der Waals surface area contributed by atoms with Gasteiger partial charge in [-0.3, -0.25) is 0 Å². The van der Waals surface area contributed by atoms with E-state index in [1.54, 1.807) is 19.1 Å². The lowest BCUT2D eigenvalue weighted by Crippen LogP contribution is -1.59. The molecule has 1 aromatic heterocycles. The van der Waals surface area contributed by atoms with Crippen LogP contribution < -0.4 is 0 Å². The summed E-state index contributed by atoms with van der Waals surface area (Å²) in [5, 5.41) is 12.0. The van der Waals surface area contributed by atoms with E-state index in [9.17, 15) is 5.21 Å². The Balaban J connectivity index is 2.93. The summed E-state index contributed by atoms with van der Waals surface area (Å²) in [4.78, 5) is 0. The lowest BCUT2D eigenvalue weighted by atomic mass is 10.5. The summed E-state index contributed by atoms with van der Waals surface area (Å²) in [6.45, 7) is 1.79. The fraction of sp³-hybridized carbons (Fsp3) is 0.167. The molecule has 0 N–H and O–H groups in total. The molecule has 3 nitrogen and oxygen atoms in total. The van der Waals surface area contributed by atoms with Gasteiger partial charge < -0.3 is 9.62 Å². The van der Waals surface area contributed by atoms with E-state index in [1.807, 2.05) is 0 Å². The van der Waals surface area contributed by atoms with Crippen molar-refractivity contribution in [1.29, 1.82) is 0 Å². The zero-order valence-corrected chi connectivity index (χ0v) is 4.92. The fourth-order valence-corrected chi connectivity index (χ4v) is 0.540. The molecule has 0 amide bonds. The molecule has 0 radical (unpaired) electrons. The van der Waals surface area contributed by atoms with Gasteiger partial charge in [-0.25, -0.2) is 0 Å². The van der Waals surface area contributed by atoms with Gasteiger partial charge >= 0.3 is 6.07 Å². The van der Waals surface area contributed by atoms with E-state index in [0.717, 1.165) is 5.76 Å². The van der Waals surface area contributed by atoms with E-state index < -0.39 is 0 Å². The molecule has 9 heavy (non-hydrogen) atoms. The second-order valence-electron chi connectivity index (χ2n) is 1.61. The zero-order valence-electron chi connectivity index (χ0n) is 4.92. The van der Waals surface area contributed by atoms with Crippen LogP contribution in [-0.2, 0) is 0 Å². The van der Waals surface area contributed by atoms with Crippen molar-refractivity contribution in [2.75, 3.05) is 0 Å². The monoisotopic (exact) mass is 123 g/mol. The van der Waals surface area contributed by atoms with Crippen LogP contribution in [0.1, 0.15) is 11.5 Å². The fourth-order valence-electron chi connectivity index (χ4n) is 0.540. The molecule has 0 unspecified atom stereocenters. The minimum atomic E-state index is 0.377. The van der Waals surface area contributed by atoms with Crippen LogP contribution in [0.5, 0.6) is 0 Å². The summed E-state index contributed by atoms with van der Waals surface area (Å²) >= 11 is 0. The highest BCUT2D eigenvalue weighted by molar-refractivity contribution is 5.22. The maximum Gasteiger partial charge on any atom is 0.375 e. The van der Waals surface area contributed by atoms with Crippen molar-refractivity contribution in [3.05, 3.63) is 33.9 Å². The van der Waals surface area contributed by atoms with E-state index in [1.165, 1.54) is 0 Å². The maximum atomic E-state index is 9.56. The Morgan fingerprint density at radius 1 is 1.67 bits per heavy atom. The molecule has 0 fully saturated rings. The second kappa shape index (κ2) is 2.23. The third-order valence-corrected chi connectivity index (χ3v) is 0.896. The lowest BCUT2D eigenvalue weighted by Gasteiger charge is -1.72. The minimum absolute atomic E-state index is 0.377. The molecule has 0 bridgehead atoms. The van der Waals surface area contributed by atoms with Crippen molar-refractivity contribution >= 4 is 0 Å². The number of nitrogens with zero attached hydrogens (tertiary/aromatic N) is 1. The normalized spacial score (nSPS) is 8.11. The Morgan fingerprint density at radius 2 is 2.44 bits per heavy atom. The molecule has 3 heteroatoms. The molecule has 1 heterocycles. The van der Waals surface area contributed by atoms with Gasteiger partial charge in [0.25, 0.3) is 5.76 Å². The predicted octanol–water partition coefficient (Wildman–Crippen LogP) is 1.77. The number of furan rings is 1. The van der Waals surface area contributed by atoms with E-state index in [2.05, 4.69) is 11.1 Å². The van der Waals surface area contributed by atoms with Gasteiger partial charge in [-0.1, -0.05) is 0 Å². The molecule has 0 saturated carbocycles. The van der Waals surface area contributed by atoms with Crippen LogP contribution in [0.25, 0.3) is 5.01 Å². The Morgan fingerprint density at radius 3 is 2.89 bits per heavy atom. The summed E-state index contributed by atoms with van der Waals surface area (Å²) < 4.78 is 4.92. The molecule has 1 aromatic rings. The number of rotatable bonds is 0. The first-order valence-electron chi connectivity index (χ1n) is 2.48. The molecule has 0 aliphatic rings. The van der Waals surface area contributed by atoms with Gasteiger partial charge in [0.05, 0.1) is 0 Å². The third kappa shape index (κ3) is 1.23. The Bertz CT molecular complexity index is 254. The summed E-state index contributed by atoms with van der Waals surface area (Å²) in [5.74, 6) is 1.13. The van der Waals surface area contributed by atoms with E-state index >= 15 is 0 Å². The highest BCUT2D eigenvalue weighted by Gasteiger charge is 1.97. The van der Waals surface area contributed by atoms with Crippen molar-refractivity contribution < 1.29 is 4.42 Å². The molecule has 46 valence electrons. The topological polar surface area (TPSA) is 40.6 Å². The Labute approximate surface area is 52.3 Å². The van der Waals surface area contributed by atoms with Crippen molar-refractivity contribution in [2.24, 2.45) is 0 Å². The third-order valence-electron chi connectivity index (χ3n) is 0.896. The molecule has 0 saturated heterocycles. The Kier molecular flexibility index (Phi) is 1.41. The summed E-state index contributed by atoms with van der Waals surface area (Å²) in [6, 6.07) is 5.51. The molecular weight excluding hydrogens is 118 g/mol. The first-order valence-corrected chi connectivity index (χ1v) is 2.48. The quantitative estimate of drug-likeness (QED) is 0.493. The van der Waals surface area contributed by atoms with Crippen molar-refractivity contribution in [1.82, 2.24) is 0 Å². The van der Waals surface area contributed by atoms with Crippen LogP contribution in [0, 0.1) is 18.2 Å². The van der Waals surface area contributed by atoms with Crippen LogP contribution in [0.4, 0.5) is 0 Å². The van der Waals surface area contributed by atoms with Gasteiger partial charge in [-0.15, -0.1) is 0 Å². The molecule has 0 aliphatic carbocycles. The van der Waals surface area contributed by atoms with Crippen LogP contribution in [-0.4, -0.2) is 0 Å². The van der Waals surface area contributed by atoms with Crippen LogP contribution >= 0.6 is 0 Å². The lowest BCUT2D eigenvalue weighted by molar-refractivity contribution is 0.522. The number of aryl methyl sites for hydroxylation is 1. The average Bonchev–Trinajstić information content (AvgIpc) is 2.17. The van der Waals surface area contributed by atoms with E-state index in [-0.39, 0.29) is 0 Å². The van der Waals surface area contributed by atoms with Crippen molar-refractivity contribution in [2.45, 2.75) is 6.92 Å². The van der Waals surface area contributed by atoms with Crippen LogP contribution in [0.15, 0.2) is 16.5 Å². The van der Waals surface area contributed by atoms with Gasteiger partial charge in [-0.2, -0.15) is 0 Å². The molecule has 0 atom stereocenters. The SMILES string of the molecule is Cc1ccc(C#[N+][O-])o1. The van der Waals surface area contributed by atoms with Gasteiger partial charge in [0.15, 0.2) is 0 Å². The van der Waals surface area contributed by atoms with Gasteiger partial charge in [0, 0.05) is 5.01 Å². The van der Waals surface area contributed by atoms with Crippen molar-refractivity contribution in [3.8, 4) is 6.07 Å². The van der Waals surface area contributed by atoms with Crippen LogP contribution in [0.3, 0.4) is 0 Å². The standard InChI is InChI=1S/C6H5NO2/c1-5-2-3-6(9-5)4-7-8/h2-3H,1H3. The van der Waals surface area contributed by atoms with E-state index in [4.69, 9.17) is 4.42 Å². The first-order chi connectivity index (χ1) is 4.33. The molecule has 0 spiro atoms. The second-order valence-corrected chi connectivity index (χ2v) is 1.61. The van der Waals surface area contributed by atoms with Crippen molar-refractivity contribution in [3.63, 3.8) is 0 Å². The minimum Gasteiger partial charge on any atom is -0.498 e. The summed E-state index contributed by atoms with van der Waals surface area (Å²) in [5.41, 5.74) is 0. The molecule has 0 aliphatic heterocycles. The number of hydrogen-bond donors (Lipinski definition) is 0. The van der Waals surface area contributed by atoms with E-state index in [0.29, 0.717) is 5.76 Å². The smallest absolute Gasteiger partial charge is 0.375 e. The zero-order chi connectivity index (χ0) is 6.69. The van der Waals surface area contributed by atoms with Gasteiger partial charge in [-0.05, 0) is 19.1 Å². The van der Waals surface area contributed by atoms with Crippen LogP contribution in [0.2, 0.25) is 0 Å². The Hall–Kier alpha value is -1.43. The maximum absolute atomic E-state index is 9.56. The summed E-state index contributed by atoms with van der Waals surface area (Å²) in [6.07, 6.45) is 0. The van der Waals surface area contributed by atoms with Gasteiger partial charge in [0.2, 0.25) is 0 Å². The molecule has 0 aromatic carbocycles. The molecular formula is C6H5NO2. The summed E-state index contributed by atoms with van der Waals surface area (Å²) in [7, 11) is 0. The largest absolute Gasteiger partial charge is 0.498 e. The average molecular weight is 123 g/mol. The molecule has 1 rings (SSSR count). The predicted molar refractivity (Wildman–Crippen MR) is 33.2 cm³/mol. The number of hydrogen-bond acceptors (Lipinski definition) is 2. The highest BCUT2D eigenvalue weighted by Crippen LogP contribution is 2.03. The van der Waals surface area contributed by atoms with Gasteiger partial charge in [0.1, 0.15) is 5.76 Å².